The molecule has 0 saturated heterocycles. The van der Waals surface area contributed by atoms with Crippen molar-refractivity contribution in [1.29, 1.82) is 0 Å². The Morgan fingerprint density at radius 3 is 2.70 bits per heavy atom. The van der Waals surface area contributed by atoms with Gasteiger partial charge in [0.2, 0.25) is 0 Å². The summed E-state index contributed by atoms with van der Waals surface area (Å²) in [6, 6.07) is 7.94. The highest BCUT2D eigenvalue weighted by Crippen LogP contribution is 2.37. The normalized spacial score (nSPS) is 17.5. The van der Waals surface area contributed by atoms with E-state index < -0.39 is 21.5 Å². The number of ether oxygens (including phenoxy) is 2. The molecule has 1 unspecified atom stereocenters. The molecule has 3 rings (SSSR count). The molecule has 2 aromatic carbocycles. The second kappa shape index (κ2) is 8.86. The Morgan fingerprint density at radius 1 is 1.19 bits per heavy atom. The van der Waals surface area contributed by atoms with Crippen LogP contribution in [0.4, 0.5) is 8.78 Å². The number of rotatable bonds is 6. The molecule has 0 aliphatic carbocycles. The van der Waals surface area contributed by atoms with Gasteiger partial charge in [-0.25, -0.2) is 17.2 Å². The van der Waals surface area contributed by atoms with E-state index in [1.807, 2.05) is 0 Å². The third-order valence-electron chi connectivity index (χ3n) is 4.23. The van der Waals surface area contributed by atoms with E-state index in [0.717, 1.165) is 18.2 Å². The number of halogens is 3. The third-order valence-corrected chi connectivity index (χ3v) is 6.07. The fourth-order valence-corrected chi connectivity index (χ4v) is 4.80. The first kappa shape index (κ1) is 21.4. The van der Waals surface area contributed by atoms with Crippen LogP contribution >= 0.6 is 12.4 Å². The summed E-state index contributed by atoms with van der Waals surface area (Å²) in [5.74, 6) is -1.03. The Hall–Kier alpha value is -1.90. The van der Waals surface area contributed by atoms with E-state index >= 15 is 0 Å². The Kier molecular flexibility index (Phi) is 7.02. The minimum Gasteiger partial charge on any atom is -0.495 e. The van der Waals surface area contributed by atoms with Crippen LogP contribution in [0.2, 0.25) is 0 Å². The van der Waals surface area contributed by atoms with E-state index in [4.69, 9.17) is 9.47 Å². The SMILES string of the molecule is COc1cccc2c1S(=O)(=O)CCC2NCCOc1cc(F)ccc1F.Cl. The van der Waals surface area contributed by atoms with Crippen LogP contribution in [0.15, 0.2) is 41.3 Å². The monoisotopic (exact) mass is 419 g/mol. The lowest BCUT2D eigenvalue weighted by Gasteiger charge is -2.27. The van der Waals surface area contributed by atoms with Gasteiger partial charge in [-0.3, -0.25) is 0 Å². The van der Waals surface area contributed by atoms with Crippen molar-refractivity contribution in [2.24, 2.45) is 0 Å². The summed E-state index contributed by atoms with van der Waals surface area (Å²) in [5.41, 5.74) is 0.646. The summed E-state index contributed by atoms with van der Waals surface area (Å²) in [5, 5.41) is 3.21. The molecule has 1 aliphatic rings. The molecule has 2 aromatic rings. The van der Waals surface area contributed by atoms with Crippen LogP contribution in [0.5, 0.6) is 11.5 Å². The van der Waals surface area contributed by atoms with Crippen LogP contribution in [-0.2, 0) is 9.84 Å². The number of hydrogen-bond acceptors (Lipinski definition) is 5. The summed E-state index contributed by atoms with van der Waals surface area (Å²) in [6.07, 6.45) is 0.414. The number of sulfone groups is 1. The first-order chi connectivity index (χ1) is 12.4. The molecule has 0 fully saturated rings. The van der Waals surface area contributed by atoms with Gasteiger partial charge in [0, 0.05) is 18.7 Å². The second-order valence-corrected chi connectivity index (χ2v) is 7.96. The molecule has 148 valence electrons. The van der Waals surface area contributed by atoms with Crippen molar-refractivity contribution in [2.45, 2.75) is 17.4 Å². The molecular weight excluding hydrogens is 400 g/mol. The van der Waals surface area contributed by atoms with Gasteiger partial charge in [0.05, 0.1) is 12.9 Å². The molecule has 27 heavy (non-hydrogen) atoms. The minimum absolute atomic E-state index is 0. The van der Waals surface area contributed by atoms with Crippen LogP contribution in [0.3, 0.4) is 0 Å². The zero-order valence-electron chi connectivity index (χ0n) is 14.6. The van der Waals surface area contributed by atoms with Gasteiger partial charge in [0.1, 0.15) is 23.1 Å². The molecule has 0 spiro atoms. The van der Waals surface area contributed by atoms with Crippen LogP contribution < -0.4 is 14.8 Å². The largest absolute Gasteiger partial charge is 0.495 e. The van der Waals surface area contributed by atoms with E-state index in [0.29, 0.717) is 24.3 Å². The molecule has 0 radical (unpaired) electrons. The maximum atomic E-state index is 13.5. The van der Waals surface area contributed by atoms with E-state index in [-0.39, 0.29) is 41.5 Å². The first-order valence-electron chi connectivity index (χ1n) is 8.13. The summed E-state index contributed by atoms with van der Waals surface area (Å²) in [6.45, 7) is 0.459. The van der Waals surface area contributed by atoms with E-state index in [2.05, 4.69) is 5.32 Å². The molecule has 1 heterocycles. The zero-order valence-corrected chi connectivity index (χ0v) is 16.2. The maximum absolute atomic E-state index is 13.5. The standard InChI is InChI=1S/C18H19F2NO4S.ClH/c1-24-16-4-2-3-13-15(7-10-26(22,23)18(13)16)21-8-9-25-17-11-12(19)5-6-14(17)20;/h2-6,11,15,21H,7-10H2,1H3;1H. The Labute approximate surface area is 163 Å². The van der Waals surface area contributed by atoms with Gasteiger partial charge < -0.3 is 14.8 Å². The average molecular weight is 420 g/mol. The van der Waals surface area contributed by atoms with Gasteiger partial charge in [-0.05, 0) is 30.2 Å². The predicted octanol–water partition coefficient (Wildman–Crippen LogP) is 3.28. The Morgan fingerprint density at radius 2 is 1.96 bits per heavy atom. The van der Waals surface area contributed by atoms with Crippen molar-refractivity contribution < 1.29 is 26.7 Å². The zero-order chi connectivity index (χ0) is 18.7. The average Bonchev–Trinajstić information content (AvgIpc) is 2.62. The highest BCUT2D eigenvalue weighted by molar-refractivity contribution is 7.91. The van der Waals surface area contributed by atoms with Gasteiger partial charge >= 0.3 is 0 Å². The van der Waals surface area contributed by atoms with E-state index in [1.54, 1.807) is 18.2 Å². The lowest BCUT2D eigenvalue weighted by Crippen LogP contribution is -2.32. The predicted molar refractivity (Wildman–Crippen MR) is 99.5 cm³/mol. The lowest BCUT2D eigenvalue weighted by atomic mass is 10.0. The molecule has 5 nitrogen and oxygen atoms in total. The van der Waals surface area contributed by atoms with Crippen molar-refractivity contribution in [1.82, 2.24) is 5.32 Å². The van der Waals surface area contributed by atoms with Gasteiger partial charge in [-0.15, -0.1) is 12.4 Å². The minimum atomic E-state index is -3.39. The molecule has 1 N–H and O–H groups in total. The summed E-state index contributed by atoms with van der Waals surface area (Å²) >= 11 is 0. The summed E-state index contributed by atoms with van der Waals surface area (Å²) in [4.78, 5) is 0.211. The summed E-state index contributed by atoms with van der Waals surface area (Å²) in [7, 11) is -1.96. The topological polar surface area (TPSA) is 64.6 Å². The van der Waals surface area contributed by atoms with E-state index in [1.165, 1.54) is 7.11 Å². The Balaban J connectivity index is 0.00000261. The van der Waals surface area contributed by atoms with Crippen molar-refractivity contribution in [3.63, 3.8) is 0 Å². The second-order valence-electron chi connectivity index (χ2n) is 5.92. The fourth-order valence-electron chi connectivity index (χ4n) is 3.03. The molecule has 9 heteroatoms. The molecule has 0 bridgehead atoms. The smallest absolute Gasteiger partial charge is 0.182 e. The van der Waals surface area contributed by atoms with Crippen LogP contribution in [0.25, 0.3) is 0 Å². The van der Waals surface area contributed by atoms with Gasteiger partial charge in [-0.1, -0.05) is 12.1 Å². The third kappa shape index (κ3) is 4.69. The number of methoxy groups -OCH3 is 1. The van der Waals surface area contributed by atoms with Crippen molar-refractivity contribution in [2.75, 3.05) is 26.0 Å². The molecule has 1 aliphatic heterocycles. The molecular formula is C18H20ClF2NO4S. The fraction of sp³-hybridized carbons (Fsp3) is 0.333. The van der Waals surface area contributed by atoms with Crippen LogP contribution in [-0.4, -0.2) is 34.4 Å². The maximum Gasteiger partial charge on any atom is 0.182 e. The van der Waals surface area contributed by atoms with E-state index in [9.17, 15) is 17.2 Å². The van der Waals surface area contributed by atoms with Gasteiger partial charge in [0.15, 0.2) is 21.4 Å². The highest BCUT2D eigenvalue weighted by atomic mass is 35.5. The van der Waals surface area contributed by atoms with Crippen molar-refractivity contribution in [3.05, 3.63) is 53.6 Å². The quantitative estimate of drug-likeness (QED) is 0.728. The summed E-state index contributed by atoms with van der Waals surface area (Å²) < 4.78 is 61.9. The molecule has 1 atom stereocenters. The number of benzene rings is 2. The van der Waals surface area contributed by atoms with Crippen molar-refractivity contribution in [3.8, 4) is 11.5 Å². The van der Waals surface area contributed by atoms with Crippen molar-refractivity contribution >= 4 is 22.2 Å². The molecule has 0 amide bonds. The van der Waals surface area contributed by atoms with Crippen LogP contribution in [0, 0.1) is 11.6 Å². The Bertz CT molecular complexity index is 908. The number of hydrogen-bond donors (Lipinski definition) is 1. The molecule has 0 saturated carbocycles. The highest BCUT2D eigenvalue weighted by Gasteiger charge is 2.32. The number of nitrogens with one attached hydrogen (secondary N) is 1. The van der Waals surface area contributed by atoms with Crippen LogP contribution in [0.1, 0.15) is 18.0 Å². The van der Waals surface area contributed by atoms with Gasteiger partial charge in [-0.2, -0.15) is 0 Å². The molecule has 0 aromatic heterocycles. The first-order valence-corrected chi connectivity index (χ1v) is 9.78. The lowest BCUT2D eigenvalue weighted by molar-refractivity contribution is 0.288. The number of fused-ring (bicyclic) bond motifs is 1. The van der Waals surface area contributed by atoms with Gasteiger partial charge in [0.25, 0.3) is 0 Å².